The summed E-state index contributed by atoms with van der Waals surface area (Å²) in [7, 11) is 0. The van der Waals surface area contributed by atoms with E-state index in [1.165, 1.54) is 36.0 Å². The van der Waals surface area contributed by atoms with Gasteiger partial charge in [0.15, 0.2) is 12.4 Å². The van der Waals surface area contributed by atoms with E-state index in [-0.39, 0.29) is 36.2 Å². The number of aryl methyl sites for hydroxylation is 1. The van der Waals surface area contributed by atoms with Gasteiger partial charge in [-0.1, -0.05) is 41.4 Å². The fourth-order valence-electron chi connectivity index (χ4n) is 3.43. The molecule has 3 aromatic rings. The largest absolute Gasteiger partial charge is 0.454 e. The zero-order valence-corrected chi connectivity index (χ0v) is 19.8. The first-order valence-corrected chi connectivity index (χ1v) is 11.7. The Bertz CT molecular complexity index is 1240. The Morgan fingerprint density at radius 2 is 1.56 bits per heavy atom. The predicted molar refractivity (Wildman–Crippen MR) is 130 cm³/mol. The highest BCUT2D eigenvalue weighted by Gasteiger charge is 2.40. The van der Waals surface area contributed by atoms with Crippen molar-refractivity contribution in [3.63, 3.8) is 0 Å². The van der Waals surface area contributed by atoms with Gasteiger partial charge in [-0.3, -0.25) is 14.4 Å². The van der Waals surface area contributed by atoms with Crippen LogP contribution in [0.4, 0.5) is 5.69 Å². The number of benzene rings is 3. The van der Waals surface area contributed by atoms with Crippen LogP contribution in [-0.4, -0.2) is 35.4 Å². The lowest BCUT2D eigenvalue weighted by molar-refractivity contribution is -0.121. The first-order chi connectivity index (χ1) is 16.3. The first-order valence-electron chi connectivity index (χ1n) is 10.5. The number of esters is 1. The molecule has 6 nitrogen and oxygen atoms in total. The van der Waals surface area contributed by atoms with Crippen LogP contribution < -0.4 is 4.90 Å². The number of hydrogen-bond acceptors (Lipinski definition) is 6. The summed E-state index contributed by atoms with van der Waals surface area (Å²) in [4.78, 5) is 51.9. The second-order valence-electron chi connectivity index (χ2n) is 7.74. The molecule has 0 bridgehead atoms. The molecule has 0 saturated carbocycles. The van der Waals surface area contributed by atoms with Crippen LogP contribution in [0.1, 0.15) is 32.7 Å². The summed E-state index contributed by atoms with van der Waals surface area (Å²) in [5.74, 6) is -1.59. The molecule has 1 heterocycles. The van der Waals surface area contributed by atoms with Gasteiger partial charge in [0.05, 0.1) is 16.5 Å². The first kappa shape index (κ1) is 23.7. The number of hydrogen-bond donors (Lipinski definition) is 0. The summed E-state index contributed by atoms with van der Waals surface area (Å²) < 4.78 is 5.13. The third kappa shape index (κ3) is 5.38. The molecule has 1 aliphatic rings. The number of anilines is 1. The van der Waals surface area contributed by atoms with Crippen LogP contribution in [0.25, 0.3) is 0 Å². The number of nitrogens with zero attached hydrogens (tertiary/aromatic N) is 1. The number of halogens is 1. The van der Waals surface area contributed by atoms with Crippen LogP contribution in [0, 0.1) is 6.92 Å². The minimum Gasteiger partial charge on any atom is -0.454 e. The van der Waals surface area contributed by atoms with E-state index in [9.17, 15) is 19.2 Å². The van der Waals surface area contributed by atoms with Crippen molar-refractivity contribution in [1.29, 1.82) is 0 Å². The molecule has 8 heteroatoms. The van der Waals surface area contributed by atoms with E-state index < -0.39 is 11.2 Å². The molecule has 172 valence electrons. The number of thioether (sulfide) groups is 1. The van der Waals surface area contributed by atoms with Crippen LogP contribution in [0.2, 0.25) is 5.02 Å². The van der Waals surface area contributed by atoms with Crippen molar-refractivity contribution >= 4 is 52.6 Å². The van der Waals surface area contributed by atoms with Crippen molar-refractivity contribution in [3.8, 4) is 0 Å². The molecule has 0 radical (unpaired) electrons. The topological polar surface area (TPSA) is 80.8 Å². The van der Waals surface area contributed by atoms with E-state index in [2.05, 4.69) is 0 Å². The van der Waals surface area contributed by atoms with Gasteiger partial charge < -0.3 is 4.74 Å². The van der Waals surface area contributed by atoms with E-state index in [1.54, 1.807) is 36.4 Å². The van der Waals surface area contributed by atoms with Crippen molar-refractivity contribution in [1.82, 2.24) is 0 Å². The molecule has 1 unspecified atom stereocenters. The maximum Gasteiger partial charge on any atom is 0.338 e. The van der Waals surface area contributed by atoms with Crippen molar-refractivity contribution in [2.45, 2.75) is 23.5 Å². The molecule has 3 aromatic carbocycles. The third-order valence-electron chi connectivity index (χ3n) is 5.27. The van der Waals surface area contributed by atoms with Gasteiger partial charge in [-0.15, -0.1) is 11.8 Å². The van der Waals surface area contributed by atoms with Gasteiger partial charge in [-0.25, -0.2) is 9.69 Å². The molecule has 0 N–H and O–H groups in total. The summed E-state index contributed by atoms with van der Waals surface area (Å²) in [6, 6.07) is 20.0. The lowest BCUT2D eigenvalue weighted by atomic mass is 10.1. The number of carbonyl (C=O) groups is 4. The van der Waals surface area contributed by atoms with Gasteiger partial charge in [0.2, 0.25) is 11.8 Å². The van der Waals surface area contributed by atoms with Crippen LogP contribution in [0.15, 0.2) is 77.7 Å². The molecule has 1 saturated heterocycles. The second-order valence-corrected chi connectivity index (χ2v) is 9.46. The smallest absolute Gasteiger partial charge is 0.338 e. The Balaban J connectivity index is 1.37. The lowest BCUT2D eigenvalue weighted by Gasteiger charge is -2.15. The number of ketones is 1. The Kier molecular flexibility index (Phi) is 7.14. The second kappa shape index (κ2) is 10.2. The minimum atomic E-state index is -0.665. The number of Topliss-reactive ketones (excluding diaryl/α,β-unsaturated/α-hetero) is 1. The Morgan fingerprint density at radius 1 is 0.941 bits per heavy atom. The van der Waals surface area contributed by atoms with E-state index in [0.717, 1.165) is 15.4 Å². The molecule has 4 rings (SSSR count). The van der Waals surface area contributed by atoms with Crippen LogP contribution in [-0.2, 0) is 14.3 Å². The number of imide groups is 1. The van der Waals surface area contributed by atoms with Crippen LogP contribution in [0.5, 0.6) is 0 Å². The number of rotatable bonds is 7. The van der Waals surface area contributed by atoms with Crippen LogP contribution >= 0.6 is 23.4 Å². The fraction of sp³-hybridized carbons (Fsp3) is 0.154. The normalized spacial score (nSPS) is 15.5. The molecule has 0 aliphatic carbocycles. The molecule has 0 spiro atoms. The summed E-state index contributed by atoms with van der Waals surface area (Å²) >= 11 is 7.21. The quantitative estimate of drug-likeness (QED) is 0.258. The van der Waals surface area contributed by atoms with E-state index in [1.807, 2.05) is 19.1 Å². The summed E-state index contributed by atoms with van der Waals surface area (Å²) in [5, 5.41) is 0.0593. The number of carbonyl (C=O) groups excluding carboxylic acids is 4. The van der Waals surface area contributed by atoms with Crippen molar-refractivity contribution in [2.24, 2.45) is 0 Å². The van der Waals surface area contributed by atoms with Gasteiger partial charge in [-0.05, 0) is 55.5 Å². The van der Waals surface area contributed by atoms with E-state index in [4.69, 9.17) is 16.3 Å². The standard InChI is InChI=1S/C26H20ClNO5S/c1-16-2-4-17(5-3-16)22(29)15-33-26(32)18-6-10-20(11-7-18)28-24(30)14-23(25(28)31)34-21-12-8-19(27)9-13-21/h2-13,23H,14-15H2,1H3. The monoisotopic (exact) mass is 493 g/mol. The van der Waals surface area contributed by atoms with Gasteiger partial charge >= 0.3 is 5.97 Å². The Morgan fingerprint density at radius 3 is 2.21 bits per heavy atom. The predicted octanol–water partition coefficient (Wildman–Crippen LogP) is 5.11. The average molecular weight is 494 g/mol. The molecule has 34 heavy (non-hydrogen) atoms. The molecule has 1 aliphatic heterocycles. The summed E-state index contributed by atoms with van der Waals surface area (Å²) in [5.41, 5.74) is 2.08. The molecule has 0 aromatic heterocycles. The molecule has 1 atom stereocenters. The van der Waals surface area contributed by atoms with Gasteiger partial charge in [0.1, 0.15) is 0 Å². The van der Waals surface area contributed by atoms with E-state index in [0.29, 0.717) is 16.3 Å². The highest BCUT2D eigenvalue weighted by Crippen LogP contribution is 2.34. The molecular weight excluding hydrogens is 474 g/mol. The average Bonchev–Trinajstić information content (AvgIpc) is 3.11. The highest BCUT2D eigenvalue weighted by molar-refractivity contribution is 8.00. The van der Waals surface area contributed by atoms with Gasteiger partial charge in [-0.2, -0.15) is 0 Å². The molecule has 1 fully saturated rings. The maximum atomic E-state index is 12.9. The maximum absolute atomic E-state index is 12.9. The lowest BCUT2D eigenvalue weighted by Crippen LogP contribution is -2.31. The zero-order valence-electron chi connectivity index (χ0n) is 18.2. The summed E-state index contributed by atoms with van der Waals surface area (Å²) in [6.45, 7) is 1.54. The summed E-state index contributed by atoms with van der Waals surface area (Å²) in [6.07, 6.45) is 0.0804. The zero-order chi connectivity index (χ0) is 24.2. The van der Waals surface area contributed by atoms with Gasteiger partial charge in [0, 0.05) is 21.9 Å². The minimum absolute atomic E-state index is 0.0804. The molecule has 2 amide bonds. The fourth-order valence-corrected chi connectivity index (χ4v) is 4.61. The third-order valence-corrected chi connectivity index (χ3v) is 6.72. The van der Waals surface area contributed by atoms with E-state index >= 15 is 0 Å². The molecular formula is C26H20ClNO5S. The number of amides is 2. The number of ether oxygens (including phenoxy) is 1. The van der Waals surface area contributed by atoms with Crippen molar-refractivity contribution < 1.29 is 23.9 Å². The van der Waals surface area contributed by atoms with Gasteiger partial charge in [0.25, 0.3) is 0 Å². The van der Waals surface area contributed by atoms with Crippen LogP contribution in [0.3, 0.4) is 0 Å². The Labute approximate surface area is 205 Å². The Hall–Kier alpha value is -3.42. The van der Waals surface area contributed by atoms with Crippen molar-refractivity contribution in [3.05, 3.63) is 94.5 Å². The SMILES string of the molecule is Cc1ccc(C(=O)COC(=O)c2ccc(N3C(=O)CC(Sc4ccc(Cl)cc4)C3=O)cc2)cc1. The highest BCUT2D eigenvalue weighted by atomic mass is 35.5. The van der Waals surface area contributed by atoms with Crippen molar-refractivity contribution in [2.75, 3.05) is 11.5 Å².